The van der Waals surface area contributed by atoms with Crippen LogP contribution in [-0.2, 0) is 0 Å². The lowest BCUT2D eigenvalue weighted by Gasteiger charge is -2.35. The van der Waals surface area contributed by atoms with E-state index in [1.54, 1.807) is 12.4 Å². The zero-order valence-corrected chi connectivity index (χ0v) is 14.2. The number of piperazine rings is 1. The fourth-order valence-corrected chi connectivity index (χ4v) is 3.28. The molecule has 0 saturated carbocycles. The highest BCUT2D eigenvalue weighted by Crippen LogP contribution is 2.26. The molecule has 1 saturated heterocycles. The third-order valence-corrected chi connectivity index (χ3v) is 4.64. The average Bonchev–Trinajstić information content (AvgIpc) is 2.62. The van der Waals surface area contributed by atoms with E-state index in [1.807, 2.05) is 24.3 Å². The van der Waals surface area contributed by atoms with Crippen molar-refractivity contribution in [3.8, 4) is 0 Å². The molecule has 4 rings (SSSR count). The molecule has 2 aromatic heterocycles. The molecule has 1 aliphatic heterocycles. The maximum Gasteiger partial charge on any atom is 0.225 e. The van der Waals surface area contributed by atoms with Crippen molar-refractivity contribution in [3.05, 3.63) is 53.3 Å². The van der Waals surface area contributed by atoms with Gasteiger partial charge in [0.15, 0.2) is 0 Å². The van der Waals surface area contributed by atoms with E-state index in [4.69, 9.17) is 16.6 Å². The summed E-state index contributed by atoms with van der Waals surface area (Å²) in [5.74, 6) is 1.81. The third kappa shape index (κ3) is 2.87. The lowest BCUT2D eigenvalue weighted by molar-refractivity contribution is 0.635. The van der Waals surface area contributed by atoms with Crippen LogP contribution in [0.2, 0.25) is 5.02 Å². The van der Waals surface area contributed by atoms with Crippen molar-refractivity contribution in [2.24, 2.45) is 0 Å². The van der Waals surface area contributed by atoms with Crippen molar-refractivity contribution in [3.63, 3.8) is 0 Å². The summed E-state index contributed by atoms with van der Waals surface area (Å²) in [5, 5.41) is 1.87. The topological polar surface area (TPSA) is 45.2 Å². The zero-order chi connectivity index (χ0) is 16.5. The number of aromatic nitrogens is 3. The highest BCUT2D eigenvalue weighted by Gasteiger charge is 2.20. The molecule has 5 nitrogen and oxygen atoms in total. The number of aryl methyl sites for hydroxylation is 1. The van der Waals surface area contributed by atoms with E-state index in [0.717, 1.165) is 53.9 Å². The van der Waals surface area contributed by atoms with E-state index in [2.05, 4.69) is 32.8 Å². The Kier molecular flexibility index (Phi) is 3.94. The second-order valence-electron chi connectivity index (χ2n) is 5.98. The number of anilines is 2. The molecule has 0 bridgehead atoms. The van der Waals surface area contributed by atoms with Crippen molar-refractivity contribution in [2.75, 3.05) is 36.0 Å². The van der Waals surface area contributed by atoms with Crippen LogP contribution in [0, 0.1) is 6.92 Å². The number of hydrogen-bond donors (Lipinski definition) is 0. The minimum Gasteiger partial charge on any atom is -0.353 e. The lowest BCUT2D eigenvalue weighted by Crippen LogP contribution is -2.47. The van der Waals surface area contributed by atoms with Gasteiger partial charge in [0.2, 0.25) is 5.95 Å². The van der Waals surface area contributed by atoms with Crippen molar-refractivity contribution in [1.82, 2.24) is 15.0 Å². The first kappa shape index (κ1) is 15.1. The molecule has 6 heteroatoms. The summed E-state index contributed by atoms with van der Waals surface area (Å²) >= 11 is 6.12. The van der Waals surface area contributed by atoms with Crippen LogP contribution in [0.25, 0.3) is 10.9 Å². The van der Waals surface area contributed by atoms with Crippen molar-refractivity contribution in [1.29, 1.82) is 0 Å². The van der Waals surface area contributed by atoms with Crippen LogP contribution in [0.3, 0.4) is 0 Å². The number of rotatable bonds is 2. The Bertz CT molecular complexity index is 860. The molecule has 1 fully saturated rings. The fraction of sp³-hybridized carbons (Fsp3) is 0.278. The third-order valence-electron chi connectivity index (χ3n) is 4.40. The molecule has 0 aliphatic carbocycles. The SMILES string of the molecule is Cc1cc(N2CCN(c3ncccn3)CC2)nc2cc(Cl)ccc12. The predicted octanol–water partition coefficient (Wildman–Crippen LogP) is 3.31. The molecular formula is C18H18ClN5. The standard InChI is InChI=1S/C18H18ClN5/c1-13-11-17(22-16-12-14(19)3-4-15(13)16)23-7-9-24(10-8-23)18-20-5-2-6-21-18/h2-6,11-12H,7-10H2,1H3. The number of fused-ring (bicyclic) bond motifs is 1. The van der Waals surface area contributed by atoms with E-state index in [9.17, 15) is 0 Å². The quantitative estimate of drug-likeness (QED) is 0.716. The number of pyridine rings is 1. The number of hydrogen-bond acceptors (Lipinski definition) is 5. The molecule has 3 heterocycles. The van der Waals surface area contributed by atoms with Gasteiger partial charge in [-0.2, -0.15) is 0 Å². The molecule has 24 heavy (non-hydrogen) atoms. The number of nitrogens with zero attached hydrogens (tertiary/aromatic N) is 5. The first-order valence-electron chi connectivity index (χ1n) is 8.04. The van der Waals surface area contributed by atoms with Crippen LogP contribution in [0.1, 0.15) is 5.56 Å². The second kappa shape index (κ2) is 6.24. The van der Waals surface area contributed by atoms with Gasteiger partial charge in [0.05, 0.1) is 5.52 Å². The number of halogens is 1. The van der Waals surface area contributed by atoms with Gasteiger partial charge >= 0.3 is 0 Å². The van der Waals surface area contributed by atoms with E-state index >= 15 is 0 Å². The van der Waals surface area contributed by atoms with E-state index in [1.165, 1.54) is 5.56 Å². The van der Waals surface area contributed by atoms with Gasteiger partial charge < -0.3 is 9.80 Å². The Morgan fingerprint density at radius 2 is 1.67 bits per heavy atom. The molecule has 0 amide bonds. The Morgan fingerprint density at radius 3 is 2.42 bits per heavy atom. The molecule has 0 radical (unpaired) electrons. The summed E-state index contributed by atoms with van der Waals surface area (Å²) in [5.41, 5.74) is 2.17. The Labute approximate surface area is 145 Å². The van der Waals surface area contributed by atoms with Gasteiger partial charge in [-0.3, -0.25) is 0 Å². The number of benzene rings is 1. The summed E-state index contributed by atoms with van der Waals surface area (Å²) < 4.78 is 0. The molecule has 0 atom stereocenters. The van der Waals surface area contributed by atoms with Crippen LogP contribution in [0.15, 0.2) is 42.7 Å². The molecule has 0 N–H and O–H groups in total. The molecule has 0 unspecified atom stereocenters. The molecule has 1 aromatic carbocycles. The first-order chi connectivity index (χ1) is 11.7. The molecule has 0 spiro atoms. The molecule has 122 valence electrons. The average molecular weight is 340 g/mol. The highest BCUT2D eigenvalue weighted by molar-refractivity contribution is 6.31. The van der Waals surface area contributed by atoms with Crippen LogP contribution in [0.5, 0.6) is 0 Å². The van der Waals surface area contributed by atoms with Gasteiger partial charge in [0.1, 0.15) is 5.82 Å². The van der Waals surface area contributed by atoms with Gasteiger partial charge in [-0.15, -0.1) is 0 Å². The maximum absolute atomic E-state index is 6.12. The summed E-state index contributed by atoms with van der Waals surface area (Å²) in [7, 11) is 0. The van der Waals surface area contributed by atoms with Crippen LogP contribution in [-0.4, -0.2) is 41.1 Å². The van der Waals surface area contributed by atoms with Crippen molar-refractivity contribution >= 4 is 34.3 Å². The van der Waals surface area contributed by atoms with E-state index in [0.29, 0.717) is 0 Å². The maximum atomic E-state index is 6.12. The second-order valence-corrected chi connectivity index (χ2v) is 6.42. The highest BCUT2D eigenvalue weighted by atomic mass is 35.5. The van der Waals surface area contributed by atoms with Gasteiger partial charge in [0.25, 0.3) is 0 Å². The van der Waals surface area contributed by atoms with Crippen LogP contribution < -0.4 is 9.80 Å². The lowest BCUT2D eigenvalue weighted by atomic mass is 10.1. The fourth-order valence-electron chi connectivity index (χ4n) is 3.11. The van der Waals surface area contributed by atoms with E-state index < -0.39 is 0 Å². The van der Waals surface area contributed by atoms with Crippen LogP contribution in [0.4, 0.5) is 11.8 Å². The summed E-state index contributed by atoms with van der Waals surface area (Å²) in [6, 6.07) is 9.88. The minimum atomic E-state index is 0.720. The predicted molar refractivity (Wildman–Crippen MR) is 97.9 cm³/mol. The summed E-state index contributed by atoms with van der Waals surface area (Å²) in [4.78, 5) is 18.0. The van der Waals surface area contributed by atoms with Gasteiger partial charge in [-0.05, 0) is 36.8 Å². The van der Waals surface area contributed by atoms with E-state index in [-0.39, 0.29) is 0 Å². The smallest absolute Gasteiger partial charge is 0.225 e. The van der Waals surface area contributed by atoms with Crippen molar-refractivity contribution in [2.45, 2.75) is 6.92 Å². The first-order valence-corrected chi connectivity index (χ1v) is 8.42. The van der Waals surface area contributed by atoms with Gasteiger partial charge in [0, 0.05) is 49.0 Å². The van der Waals surface area contributed by atoms with Crippen molar-refractivity contribution < 1.29 is 0 Å². The Hall–Kier alpha value is -2.40. The molecule has 3 aromatic rings. The largest absolute Gasteiger partial charge is 0.353 e. The summed E-state index contributed by atoms with van der Waals surface area (Å²) in [6.07, 6.45) is 3.57. The normalized spacial score (nSPS) is 15.1. The zero-order valence-electron chi connectivity index (χ0n) is 13.5. The Morgan fingerprint density at radius 1 is 0.958 bits per heavy atom. The summed E-state index contributed by atoms with van der Waals surface area (Å²) in [6.45, 7) is 5.69. The Balaban J connectivity index is 1.56. The molecular weight excluding hydrogens is 322 g/mol. The monoisotopic (exact) mass is 339 g/mol. The molecule has 1 aliphatic rings. The van der Waals surface area contributed by atoms with Gasteiger partial charge in [-0.1, -0.05) is 17.7 Å². The van der Waals surface area contributed by atoms with Crippen LogP contribution >= 0.6 is 11.6 Å². The van der Waals surface area contributed by atoms with Gasteiger partial charge in [-0.25, -0.2) is 15.0 Å². The minimum absolute atomic E-state index is 0.720.